The molecule has 0 heterocycles. The third-order valence-corrected chi connectivity index (χ3v) is 12.5. The topological polar surface area (TPSA) is 49.8 Å². The zero-order valence-corrected chi connectivity index (χ0v) is 24.2. The SMILES string of the molecule is C[C@H]([C@@H](O)c1ccccc1)N(C)C(=O)[C@@H](C)CCCO[Si](c1ccccc1)(c1ccccc1)C(C)(C)C. The summed E-state index contributed by atoms with van der Waals surface area (Å²) >= 11 is 0. The zero-order valence-electron chi connectivity index (χ0n) is 23.2. The van der Waals surface area contributed by atoms with Crippen LogP contribution in [0.1, 0.15) is 59.1 Å². The number of hydrogen-bond donors (Lipinski definition) is 1. The lowest BCUT2D eigenvalue weighted by Crippen LogP contribution is -2.66. The molecule has 3 atom stereocenters. The molecule has 3 aromatic carbocycles. The van der Waals surface area contributed by atoms with E-state index in [1.165, 1.54) is 10.4 Å². The number of aliphatic hydroxyl groups is 1. The van der Waals surface area contributed by atoms with Crippen molar-refractivity contribution in [2.45, 2.75) is 64.6 Å². The first kappa shape index (κ1) is 28.8. The summed E-state index contributed by atoms with van der Waals surface area (Å²) in [7, 11) is -0.783. The summed E-state index contributed by atoms with van der Waals surface area (Å²) in [6, 6.07) is 30.5. The van der Waals surface area contributed by atoms with Crippen LogP contribution >= 0.6 is 0 Å². The quantitative estimate of drug-likeness (QED) is 0.268. The molecule has 198 valence electrons. The Bertz CT molecular complexity index is 1060. The molecule has 37 heavy (non-hydrogen) atoms. The molecule has 0 saturated heterocycles. The molecule has 0 bridgehead atoms. The molecule has 0 aliphatic heterocycles. The fourth-order valence-electron chi connectivity index (χ4n) is 5.19. The highest BCUT2D eigenvalue weighted by atomic mass is 28.4. The van der Waals surface area contributed by atoms with Crippen molar-refractivity contribution < 1.29 is 14.3 Å². The molecule has 0 aromatic heterocycles. The van der Waals surface area contributed by atoms with Crippen LogP contribution in [0.15, 0.2) is 91.0 Å². The number of nitrogens with zero attached hydrogens (tertiary/aromatic N) is 1. The summed E-state index contributed by atoms with van der Waals surface area (Å²) in [5.74, 6) is -0.105. The second-order valence-corrected chi connectivity index (χ2v) is 15.4. The molecule has 0 aliphatic carbocycles. The van der Waals surface area contributed by atoms with Gasteiger partial charge in [-0.05, 0) is 40.7 Å². The Morgan fingerprint density at radius 2 is 1.32 bits per heavy atom. The van der Waals surface area contributed by atoms with Gasteiger partial charge in [-0.1, -0.05) is 119 Å². The van der Waals surface area contributed by atoms with Crippen LogP contribution in [0.25, 0.3) is 0 Å². The Labute approximate surface area is 224 Å². The molecule has 0 spiro atoms. The van der Waals surface area contributed by atoms with Crippen LogP contribution in [-0.2, 0) is 9.22 Å². The number of carbonyl (C=O) groups is 1. The molecule has 0 aliphatic rings. The van der Waals surface area contributed by atoms with Crippen LogP contribution < -0.4 is 10.4 Å². The van der Waals surface area contributed by atoms with E-state index in [2.05, 4.69) is 81.4 Å². The Kier molecular flexibility index (Phi) is 9.88. The van der Waals surface area contributed by atoms with Gasteiger partial charge in [0.2, 0.25) is 5.91 Å². The first-order valence-corrected chi connectivity index (χ1v) is 15.2. The van der Waals surface area contributed by atoms with Crippen LogP contribution in [0.2, 0.25) is 5.04 Å². The maximum Gasteiger partial charge on any atom is 0.261 e. The minimum atomic E-state index is -2.57. The van der Waals surface area contributed by atoms with Crippen molar-refractivity contribution in [3.8, 4) is 0 Å². The summed E-state index contributed by atoms with van der Waals surface area (Å²) in [5.41, 5.74) is 0.820. The number of benzene rings is 3. The molecule has 0 saturated carbocycles. The van der Waals surface area contributed by atoms with Crippen molar-refractivity contribution in [2.24, 2.45) is 5.92 Å². The third-order valence-electron chi connectivity index (χ3n) is 7.49. The largest absolute Gasteiger partial charge is 0.407 e. The second-order valence-electron chi connectivity index (χ2n) is 11.1. The van der Waals surface area contributed by atoms with Gasteiger partial charge in [-0.25, -0.2) is 0 Å². The van der Waals surface area contributed by atoms with Gasteiger partial charge in [0.15, 0.2) is 0 Å². The van der Waals surface area contributed by atoms with Crippen LogP contribution in [0.4, 0.5) is 0 Å². The van der Waals surface area contributed by atoms with Gasteiger partial charge in [-0.3, -0.25) is 4.79 Å². The van der Waals surface area contributed by atoms with Gasteiger partial charge in [0.05, 0.1) is 12.1 Å². The molecular weight excluding hydrogens is 474 g/mol. The highest BCUT2D eigenvalue weighted by molar-refractivity contribution is 6.99. The summed E-state index contributed by atoms with van der Waals surface area (Å²) in [6.07, 6.45) is 0.803. The van der Waals surface area contributed by atoms with Crippen molar-refractivity contribution in [1.29, 1.82) is 0 Å². The molecule has 1 amide bonds. The van der Waals surface area contributed by atoms with E-state index in [9.17, 15) is 9.90 Å². The molecule has 0 fully saturated rings. The zero-order chi connectivity index (χ0) is 27.1. The predicted molar refractivity (Wildman–Crippen MR) is 156 cm³/mol. The smallest absolute Gasteiger partial charge is 0.261 e. The van der Waals surface area contributed by atoms with Crippen molar-refractivity contribution in [3.05, 3.63) is 96.6 Å². The Balaban J connectivity index is 1.68. The molecule has 0 radical (unpaired) electrons. The highest BCUT2D eigenvalue weighted by Crippen LogP contribution is 2.37. The lowest BCUT2D eigenvalue weighted by molar-refractivity contribution is -0.138. The average Bonchev–Trinajstić information content (AvgIpc) is 2.92. The summed E-state index contributed by atoms with van der Waals surface area (Å²) in [4.78, 5) is 14.9. The number of amides is 1. The molecule has 4 nitrogen and oxygen atoms in total. The van der Waals surface area contributed by atoms with Crippen molar-refractivity contribution in [2.75, 3.05) is 13.7 Å². The van der Waals surface area contributed by atoms with Crippen LogP contribution in [0, 0.1) is 5.92 Å². The van der Waals surface area contributed by atoms with Gasteiger partial charge >= 0.3 is 0 Å². The minimum absolute atomic E-state index is 0.0490. The van der Waals surface area contributed by atoms with Crippen LogP contribution in [0.5, 0.6) is 0 Å². The number of aliphatic hydroxyl groups excluding tert-OH is 1. The fourth-order valence-corrected chi connectivity index (χ4v) is 9.79. The summed E-state index contributed by atoms with van der Waals surface area (Å²) in [6.45, 7) is 11.3. The molecule has 5 heteroatoms. The van der Waals surface area contributed by atoms with E-state index in [1.807, 2.05) is 44.2 Å². The number of hydrogen-bond acceptors (Lipinski definition) is 3. The Hall–Kier alpha value is -2.73. The molecule has 3 rings (SSSR count). The van der Waals surface area contributed by atoms with E-state index in [-0.39, 0.29) is 22.9 Å². The lowest BCUT2D eigenvalue weighted by Gasteiger charge is -2.43. The van der Waals surface area contributed by atoms with E-state index in [0.29, 0.717) is 6.61 Å². The molecule has 3 aromatic rings. The standard InChI is InChI=1S/C32H43NO3Si/c1-25(31(35)33(6)26(2)30(34)27-18-10-7-11-19-27)17-16-24-36-37(32(3,4)5,28-20-12-8-13-21-28)29-22-14-9-15-23-29/h7-15,18-23,25-26,30,34H,16-17,24H2,1-6H3/t25-,26+,30+/m0/s1. The van der Waals surface area contributed by atoms with Gasteiger partial charge < -0.3 is 14.4 Å². The van der Waals surface area contributed by atoms with Gasteiger partial charge in [0.25, 0.3) is 8.32 Å². The van der Waals surface area contributed by atoms with Gasteiger partial charge in [-0.15, -0.1) is 0 Å². The van der Waals surface area contributed by atoms with Gasteiger partial charge in [-0.2, -0.15) is 0 Å². The Morgan fingerprint density at radius 1 is 0.865 bits per heavy atom. The van der Waals surface area contributed by atoms with E-state index in [1.54, 1.807) is 11.9 Å². The summed E-state index contributed by atoms with van der Waals surface area (Å²) < 4.78 is 6.97. The summed E-state index contributed by atoms with van der Waals surface area (Å²) in [5, 5.41) is 13.2. The Morgan fingerprint density at radius 3 is 1.78 bits per heavy atom. The first-order valence-electron chi connectivity index (χ1n) is 13.3. The highest BCUT2D eigenvalue weighted by Gasteiger charge is 2.50. The van der Waals surface area contributed by atoms with Crippen molar-refractivity contribution in [3.63, 3.8) is 0 Å². The molecule has 1 N–H and O–H groups in total. The number of carbonyl (C=O) groups excluding carboxylic acids is 1. The van der Waals surface area contributed by atoms with Crippen LogP contribution in [0.3, 0.4) is 0 Å². The second kappa shape index (κ2) is 12.7. The maximum atomic E-state index is 13.2. The average molecular weight is 518 g/mol. The van der Waals surface area contributed by atoms with Gasteiger partial charge in [0, 0.05) is 19.6 Å². The molecule has 0 unspecified atom stereocenters. The first-order chi connectivity index (χ1) is 17.6. The van der Waals surface area contributed by atoms with E-state index in [4.69, 9.17) is 4.43 Å². The fraction of sp³-hybridized carbons (Fsp3) is 0.406. The van der Waals surface area contributed by atoms with E-state index >= 15 is 0 Å². The van der Waals surface area contributed by atoms with Gasteiger partial charge in [0.1, 0.15) is 0 Å². The number of rotatable bonds is 11. The number of likely N-dealkylation sites (N-methyl/N-ethyl adjacent to an activating group) is 1. The maximum absolute atomic E-state index is 13.2. The minimum Gasteiger partial charge on any atom is -0.407 e. The lowest BCUT2D eigenvalue weighted by atomic mass is 9.99. The monoisotopic (exact) mass is 517 g/mol. The van der Waals surface area contributed by atoms with Crippen LogP contribution in [-0.4, -0.2) is 43.9 Å². The normalized spacial score (nSPS) is 14.6. The van der Waals surface area contributed by atoms with Crippen molar-refractivity contribution >= 4 is 24.6 Å². The third kappa shape index (κ3) is 6.59. The predicted octanol–water partition coefficient (Wildman–Crippen LogP) is 5.56. The molecular formula is C32H43NO3Si. The van der Waals surface area contributed by atoms with Crippen molar-refractivity contribution in [1.82, 2.24) is 4.90 Å². The van der Waals surface area contributed by atoms with E-state index in [0.717, 1.165) is 18.4 Å². The van der Waals surface area contributed by atoms with E-state index < -0.39 is 14.4 Å².